The van der Waals surface area contributed by atoms with Gasteiger partial charge in [-0.1, -0.05) is 0 Å². The molecule has 0 bridgehead atoms. The number of unbranched alkanes of at least 4 members (excludes halogenated alkanes) is 1. The lowest BCUT2D eigenvalue weighted by Crippen LogP contribution is -2.21. The van der Waals surface area contributed by atoms with Gasteiger partial charge in [0.05, 0.1) is 0 Å². The fourth-order valence-electron chi connectivity index (χ4n) is 0.181. The highest BCUT2D eigenvalue weighted by atomic mass is 19.4. The SMILES string of the molecule is C#CCCCO.O=C(O)C(F)(F)F. The van der Waals surface area contributed by atoms with Crippen LogP contribution in [-0.2, 0) is 4.79 Å². The Bertz CT molecular complexity index is 180. The molecule has 0 aliphatic carbocycles. The van der Waals surface area contributed by atoms with Crippen LogP contribution in [0.2, 0.25) is 0 Å². The molecule has 0 atom stereocenters. The van der Waals surface area contributed by atoms with E-state index in [4.69, 9.17) is 21.4 Å². The molecule has 0 aromatic carbocycles. The fourth-order valence-corrected chi connectivity index (χ4v) is 0.181. The van der Waals surface area contributed by atoms with E-state index in [0.717, 1.165) is 6.42 Å². The lowest BCUT2D eigenvalue weighted by molar-refractivity contribution is -0.192. The summed E-state index contributed by atoms with van der Waals surface area (Å²) < 4.78 is 31.7. The fraction of sp³-hybridized carbons (Fsp3) is 0.571. The lowest BCUT2D eigenvalue weighted by atomic mass is 10.3. The molecular weight excluding hydrogens is 189 g/mol. The van der Waals surface area contributed by atoms with E-state index in [-0.39, 0.29) is 6.61 Å². The average Bonchev–Trinajstić information content (AvgIpc) is 2.00. The zero-order chi connectivity index (χ0) is 10.9. The Labute approximate surface area is 73.2 Å². The summed E-state index contributed by atoms with van der Waals surface area (Å²) >= 11 is 0. The minimum Gasteiger partial charge on any atom is -0.475 e. The van der Waals surface area contributed by atoms with Gasteiger partial charge in [-0.3, -0.25) is 0 Å². The summed E-state index contributed by atoms with van der Waals surface area (Å²) in [5.41, 5.74) is 0. The third kappa shape index (κ3) is 13.7. The van der Waals surface area contributed by atoms with E-state index < -0.39 is 12.1 Å². The van der Waals surface area contributed by atoms with Crippen molar-refractivity contribution in [3.8, 4) is 12.3 Å². The summed E-state index contributed by atoms with van der Waals surface area (Å²) in [6, 6.07) is 0. The summed E-state index contributed by atoms with van der Waals surface area (Å²) in [4.78, 5) is 8.90. The number of carbonyl (C=O) groups is 1. The van der Waals surface area contributed by atoms with Crippen LogP contribution in [0.1, 0.15) is 12.8 Å². The number of carboxylic acid groups (broad SMARTS) is 1. The molecule has 0 unspecified atom stereocenters. The summed E-state index contributed by atoms with van der Waals surface area (Å²) in [7, 11) is 0. The number of alkyl halides is 3. The molecule has 76 valence electrons. The van der Waals surface area contributed by atoms with Gasteiger partial charge in [-0.2, -0.15) is 13.2 Å². The molecule has 2 N–H and O–H groups in total. The van der Waals surface area contributed by atoms with Gasteiger partial charge in [-0.15, -0.1) is 12.3 Å². The van der Waals surface area contributed by atoms with Gasteiger partial charge >= 0.3 is 12.1 Å². The summed E-state index contributed by atoms with van der Waals surface area (Å²) in [5, 5.41) is 15.2. The van der Waals surface area contributed by atoms with Gasteiger partial charge in [0.2, 0.25) is 0 Å². The largest absolute Gasteiger partial charge is 0.490 e. The number of rotatable bonds is 2. The zero-order valence-corrected chi connectivity index (χ0v) is 6.64. The van der Waals surface area contributed by atoms with Crippen LogP contribution in [-0.4, -0.2) is 29.0 Å². The summed E-state index contributed by atoms with van der Waals surface area (Å²) in [5.74, 6) is -0.348. The van der Waals surface area contributed by atoms with E-state index in [1.165, 1.54) is 0 Å². The molecule has 0 heterocycles. The monoisotopic (exact) mass is 198 g/mol. The van der Waals surface area contributed by atoms with Crippen LogP contribution in [0.25, 0.3) is 0 Å². The molecule has 0 aliphatic rings. The average molecular weight is 198 g/mol. The Hall–Kier alpha value is -1.22. The number of aliphatic carboxylic acids is 1. The van der Waals surface area contributed by atoms with Gasteiger partial charge in [0.15, 0.2) is 0 Å². The number of hydrogen-bond donors (Lipinski definition) is 2. The summed E-state index contributed by atoms with van der Waals surface area (Å²) in [6.07, 6.45) is 1.19. The van der Waals surface area contributed by atoms with Crippen molar-refractivity contribution in [2.24, 2.45) is 0 Å². The quantitative estimate of drug-likeness (QED) is 0.514. The van der Waals surface area contributed by atoms with E-state index in [0.29, 0.717) is 6.42 Å². The van der Waals surface area contributed by atoms with Crippen molar-refractivity contribution >= 4 is 5.97 Å². The first-order valence-electron chi connectivity index (χ1n) is 3.20. The smallest absolute Gasteiger partial charge is 0.475 e. The van der Waals surface area contributed by atoms with Crippen molar-refractivity contribution in [2.45, 2.75) is 19.0 Å². The maximum absolute atomic E-state index is 10.6. The Morgan fingerprint density at radius 3 is 1.92 bits per heavy atom. The number of aliphatic hydroxyl groups is 1. The van der Waals surface area contributed by atoms with Crippen molar-refractivity contribution in [2.75, 3.05) is 6.61 Å². The Kier molecular flexibility index (Phi) is 8.18. The molecule has 0 spiro atoms. The molecule has 0 fully saturated rings. The molecule has 0 aliphatic heterocycles. The number of carboxylic acids is 1. The third-order valence-corrected chi connectivity index (χ3v) is 0.722. The Morgan fingerprint density at radius 1 is 1.46 bits per heavy atom. The predicted octanol–water partition coefficient (Wildman–Crippen LogP) is 1.03. The van der Waals surface area contributed by atoms with E-state index in [1.54, 1.807) is 0 Å². The van der Waals surface area contributed by atoms with Crippen molar-refractivity contribution in [3.63, 3.8) is 0 Å². The van der Waals surface area contributed by atoms with E-state index in [1.807, 2.05) is 0 Å². The Balaban J connectivity index is 0. The molecule has 0 saturated carbocycles. The van der Waals surface area contributed by atoms with Crippen LogP contribution in [0.5, 0.6) is 0 Å². The maximum Gasteiger partial charge on any atom is 0.490 e. The molecule has 0 rings (SSSR count). The molecule has 3 nitrogen and oxygen atoms in total. The van der Waals surface area contributed by atoms with E-state index >= 15 is 0 Å². The minimum absolute atomic E-state index is 0.212. The lowest BCUT2D eigenvalue weighted by Gasteiger charge is -1.93. The van der Waals surface area contributed by atoms with Crippen LogP contribution in [0.4, 0.5) is 13.2 Å². The van der Waals surface area contributed by atoms with Gasteiger partial charge in [0.1, 0.15) is 0 Å². The number of aliphatic hydroxyl groups excluding tert-OH is 1. The topological polar surface area (TPSA) is 57.5 Å². The van der Waals surface area contributed by atoms with E-state index in [9.17, 15) is 13.2 Å². The molecule has 0 aromatic heterocycles. The minimum atomic E-state index is -5.08. The number of hydrogen-bond acceptors (Lipinski definition) is 2. The van der Waals surface area contributed by atoms with Crippen molar-refractivity contribution < 1.29 is 28.2 Å². The third-order valence-electron chi connectivity index (χ3n) is 0.722. The first-order chi connectivity index (χ1) is 5.86. The van der Waals surface area contributed by atoms with Gasteiger partial charge < -0.3 is 10.2 Å². The second-order valence-corrected chi connectivity index (χ2v) is 1.83. The Morgan fingerprint density at radius 2 is 1.85 bits per heavy atom. The second-order valence-electron chi connectivity index (χ2n) is 1.83. The first-order valence-corrected chi connectivity index (χ1v) is 3.20. The highest BCUT2D eigenvalue weighted by molar-refractivity contribution is 5.73. The first kappa shape index (κ1) is 14.3. The van der Waals surface area contributed by atoms with Crippen LogP contribution < -0.4 is 0 Å². The van der Waals surface area contributed by atoms with Crippen LogP contribution in [0.3, 0.4) is 0 Å². The van der Waals surface area contributed by atoms with Crippen molar-refractivity contribution in [3.05, 3.63) is 0 Å². The van der Waals surface area contributed by atoms with E-state index in [2.05, 4.69) is 5.92 Å². The van der Waals surface area contributed by atoms with Crippen molar-refractivity contribution in [1.29, 1.82) is 0 Å². The zero-order valence-electron chi connectivity index (χ0n) is 6.64. The van der Waals surface area contributed by atoms with Gasteiger partial charge in [0, 0.05) is 13.0 Å². The highest BCUT2D eigenvalue weighted by Crippen LogP contribution is 2.13. The number of halogens is 3. The second kappa shape index (κ2) is 7.43. The molecule has 0 radical (unpaired) electrons. The molecule has 0 saturated heterocycles. The van der Waals surface area contributed by atoms with Crippen LogP contribution in [0, 0.1) is 12.3 Å². The van der Waals surface area contributed by atoms with Crippen molar-refractivity contribution in [1.82, 2.24) is 0 Å². The predicted molar refractivity (Wildman–Crippen MR) is 38.8 cm³/mol. The molecule has 6 heteroatoms. The normalized spacial score (nSPS) is 9.46. The highest BCUT2D eigenvalue weighted by Gasteiger charge is 2.38. The van der Waals surface area contributed by atoms with Crippen LogP contribution >= 0.6 is 0 Å². The molecular formula is C7H9F3O3. The van der Waals surface area contributed by atoms with Crippen LogP contribution in [0.15, 0.2) is 0 Å². The van der Waals surface area contributed by atoms with Gasteiger partial charge in [0.25, 0.3) is 0 Å². The standard InChI is InChI=1S/C5H8O.C2HF3O2/c1-2-3-4-5-6;3-2(4,5)1(6)7/h1,6H,3-5H2;(H,6,7). The molecule has 0 amide bonds. The molecule has 13 heavy (non-hydrogen) atoms. The maximum atomic E-state index is 10.6. The summed E-state index contributed by atoms with van der Waals surface area (Å²) in [6.45, 7) is 0.212. The molecule has 0 aromatic rings. The van der Waals surface area contributed by atoms with Gasteiger partial charge in [-0.05, 0) is 6.42 Å². The number of terminal acetylenes is 1. The van der Waals surface area contributed by atoms with Gasteiger partial charge in [-0.25, -0.2) is 4.79 Å².